The van der Waals surface area contributed by atoms with E-state index in [9.17, 15) is 9.59 Å². The number of nitrogens with zero attached hydrogens (tertiary/aromatic N) is 4. The van der Waals surface area contributed by atoms with Crippen LogP contribution in [0.2, 0.25) is 0 Å². The Morgan fingerprint density at radius 3 is 2.75 bits per heavy atom. The monoisotopic (exact) mass is 538 g/mol. The van der Waals surface area contributed by atoms with Crippen LogP contribution in [0.15, 0.2) is 55.1 Å². The topological polar surface area (TPSA) is 103 Å². The molecule has 0 bridgehead atoms. The first-order valence-corrected chi connectivity index (χ1v) is 13.7. The smallest absolute Gasteiger partial charge is 0.410 e. The van der Waals surface area contributed by atoms with Crippen LogP contribution < -0.4 is 5.32 Å². The highest BCUT2D eigenvalue weighted by Gasteiger charge is 2.37. The number of pyridine rings is 2. The number of carbonyl (C=O) groups excluding carboxylic acids is 2. The number of carbonyl (C=O) groups is 2. The molecular weight excluding hydrogens is 504 g/mol. The Kier molecular flexibility index (Phi) is 6.44. The number of likely N-dealkylation sites (tertiary alicyclic amines) is 1. The second-order valence-corrected chi connectivity index (χ2v) is 11.7. The predicted molar refractivity (Wildman–Crippen MR) is 154 cm³/mol. The number of aryl methyl sites for hydroxylation is 1. The van der Waals surface area contributed by atoms with Crippen molar-refractivity contribution < 1.29 is 14.3 Å². The lowest BCUT2D eigenvalue weighted by atomic mass is 9.91. The molecule has 2 aliphatic heterocycles. The Labute approximate surface area is 233 Å². The number of rotatable bonds is 3. The molecule has 3 aromatic heterocycles. The molecule has 1 fully saturated rings. The van der Waals surface area contributed by atoms with Gasteiger partial charge >= 0.3 is 12.1 Å². The number of hydrogen-bond acceptors (Lipinski definition) is 5. The number of aromatic nitrogens is 3. The second-order valence-electron chi connectivity index (χ2n) is 11.7. The molecule has 0 aliphatic carbocycles. The summed E-state index contributed by atoms with van der Waals surface area (Å²) in [5.41, 5.74) is 7.33. The van der Waals surface area contributed by atoms with E-state index in [-0.39, 0.29) is 18.2 Å². The quantitative estimate of drug-likeness (QED) is 0.308. The Hall–Kier alpha value is -4.40. The van der Waals surface area contributed by atoms with Crippen LogP contribution in [0.25, 0.3) is 22.2 Å². The van der Waals surface area contributed by atoms with E-state index in [1.165, 1.54) is 0 Å². The zero-order valence-corrected chi connectivity index (χ0v) is 23.3. The van der Waals surface area contributed by atoms with Gasteiger partial charge in [-0.3, -0.25) is 4.98 Å². The van der Waals surface area contributed by atoms with Gasteiger partial charge in [0.1, 0.15) is 11.2 Å². The maximum atomic E-state index is 13.2. The first-order valence-electron chi connectivity index (χ1n) is 13.7. The fraction of sp³-hybridized carbons (Fsp3) is 0.355. The molecule has 1 atom stereocenters. The van der Waals surface area contributed by atoms with Crippen LogP contribution in [0.5, 0.6) is 0 Å². The van der Waals surface area contributed by atoms with Crippen LogP contribution in [-0.2, 0) is 17.8 Å². The molecule has 6 rings (SSSR count). The van der Waals surface area contributed by atoms with Crippen LogP contribution >= 0.6 is 0 Å². The average Bonchev–Trinajstić information content (AvgIpc) is 3.66. The minimum absolute atomic E-state index is 0.129. The van der Waals surface area contributed by atoms with E-state index in [1.807, 2.05) is 44.1 Å². The molecule has 2 N–H and O–H groups in total. The molecule has 1 aromatic carbocycles. The van der Waals surface area contributed by atoms with Crippen molar-refractivity contribution in [2.45, 2.75) is 65.3 Å². The Morgan fingerprint density at radius 2 is 1.98 bits per heavy atom. The van der Waals surface area contributed by atoms with Gasteiger partial charge in [-0.05, 0) is 98.7 Å². The number of H-pyrrole nitrogens is 1. The van der Waals surface area contributed by atoms with E-state index >= 15 is 0 Å². The fourth-order valence-electron chi connectivity index (χ4n) is 5.71. The minimum atomic E-state index is -0.579. The highest BCUT2D eigenvalue weighted by molar-refractivity contribution is 5.90. The lowest BCUT2D eigenvalue weighted by molar-refractivity contribution is 0.0223. The minimum Gasteiger partial charge on any atom is -0.444 e. The van der Waals surface area contributed by atoms with E-state index in [0.717, 1.165) is 57.3 Å². The Morgan fingerprint density at radius 1 is 1.12 bits per heavy atom. The molecule has 4 aromatic rings. The molecule has 5 heterocycles. The van der Waals surface area contributed by atoms with E-state index < -0.39 is 5.60 Å². The Bertz CT molecular complexity index is 1590. The number of amides is 3. The molecule has 3 amide bonds. The van der Waals surface area contributed by atoms with Crippen LogP contribution in [0.3, 0.4) is 0 Å². The van der Waals surface area contributed by atoms with Crippen LogP contribution in [-0.4, -0.2) is 49.0 Å². The lowest BCUT2D eigenvalue weighted by Gasteiger charge is -2.30. The summed E-state index contributed by atoms with van der Waals surface area (Å²) >= 11 is 0. The molecule has 9 heteroatoms. The first kappa shape index (κ1) is 25.9. The molecule has 0 unspecified atom stereocenters. The van der Waals surface area contributed by atoms with Crippen LogP contribution in [0, 0.1) is 6.92 Å². The maximum absolute atomic E-state index is 13.2. The standard InChI is InChI=1S/C31H34N6O3/c1-19-14-33-28-24(19)13-21(15-34-28)20-11-22-17-36(29(38)35-23-7-5-9-32-16-23)18-26(22)25(12-20)27-8-6-10-37(27)30(39)40-31(2,3)4/h5,7,9,11-16,27H,6,8,10,17-18H2,1-4H3,(H,33,34)(H,35,38)/t27-/m0/s1. The van der Waals surface area contributed by atoms with Gasteiger partial charge in [0.2, 0.25) is 0 Å². The lowest BCUT2D eigenvalue weighted by Crippen LogP contribution is -2.36. The van der Waals surface area contributed by atoms with Crippen molar-refractivity contribution in [3.05, 3.63) is 77.4 Å². The van der Waals surface area contributed by atoms with Crippen molar-refractivity contribution >= 4 is 28.8 Å². The van der Waals surface area contributed by atoms with Gasteiger partial charge in [-0.25, -0.2) is 14.6 Å². The number of aromatic amines is 1. The van der Waals surface area contributed by atoms with Crippen molar-refractivity contribution in [2.75, 3.05) is 11.9 Å². The zero-order valence-electron chi connectivity index (χ0n) is 23.3. The highest BCUT2D eigenvalue weighted by atomic mass is 16.6. The van der Waals surface area contributed by atoms with Gasteiger partial charge in [0.05, 0.1) is 17.9 Å². The first-order chi connectivity index (χ1) is 19.2. The molecule has 40 heavy (non-hydrogen) atoms. The molecule has 0 saturated carbocycles. The summed E-state index contributed by atoms with van der Waals surface area (Å²) in [5, 5.41) is 4.03. The molecule has 206 valence electrons. The summed E-state index contributed by atoms with van der Waals surface area (Å²) in [4.78, 5) is 42.1. The zero-order chi connectivity index (χ0) is 28.0. The van der Waals surface area contributed by atoms with Gasteiger partial charge in [-0.2, -0.15) is 0 Å². The highest BCUT2D eigenvalue weighted by Crippen LogP contribution is 2.41. The predicted octanol–water partition coefficient (Wildman–Crippen LogP) is 6.55. The molecule has 0 spiro atoms. The number of nitrogens with one attached hydrogen (secondary N) is 2. The summed E-state index contributed by atoms with van der Waals surface area (Å²) in [6.07, 6.45) is 8.58. The molecule has 9 nitrogen and oxygen atoms in total. The van der Waals surface area contributed by atoms with Crippen molar-refractivity contribution in [2.24, 2.45) is 0 Å². The normalized spacial score (nSPS) is 16.9. The number of urea groups is 1. The maximum Gasteiger partial charge on any atom is 0.410 e. The van der Waals surface area contributed by atoms with Crippen LogP contribution in [0.1, 0.15) is 61.9 Å². The van der Waals surface area contributed by atoms with Gasteiger partial charge in [-0.15, -0.1) is 0 Å². The molecule has 1 saturated heterocycles. The van der Waals surface area contributed by atoms with E-state index in [2.05, 4.69) is 45.4 Å². The van der Waals surface area contributed by atoms with Crippen molar-refractivity contribution in [3.8, 4) is 11.1 Å². The van der Waals surface area contributed by atoms with E-state index in [0.29, 0.717) is 25.3 Å². The Balaban J connectivity index is 1.39. The van der Waals surface area contributed by atoms with Gasteiger partial charge in [-0.1, -0.05) is 0 Å². The fourth-order valence-corrected chi connectivity index (χ4v) is 5.71. The van der Waals surface area contributed by atoms with Crippen molar-refractivity contribution in [1.29, 1.82) is 0 Å². The van der Waals surface area contributed by atoms with Gasteiger partial charge in [0, 0.05) is 49.2 Å². The summed E-state index contributed by atoms with van der Waals surface area (Å²) in [7, 11) is 0. The molecule has 2 aliphatic rings. The summed E-state index contributed by atoms with van der Waals surface area (Å²) in [5.74, 6) is 0. The van der Waals surface area contributed by atoms with Crippen molar-refractivity contribution in [1.82, 2.24) is 24.8 Å². The summed E-state index contributed by atoms with van der Waals surface area (Å²) in [6.45, 7) is 9.30. The summed E-state index contributed by atoms with van der Waals surface area (Å²) < 4.78 is 5.78. The number of hydrogen-bond donors (Lipinski definition) is 2. The third-order valence-electron chi connectivity index (χ3n) is 7.60. The average molecular weight is 539 g/mol. The second kappa shape index (κ2) is 9.97. The third-order valence-corrected chi connectivity index (χ3v) is 7.60. The largest absolute Gasteiger partial charge is 0.444 e. The van der Waals surface area contributed by atoms with Crippen LogP contribution in [0.4, 0.5) is 15.3 Å². The van der Waals surface area contributed by atoms with E-state index in [1.54, 1.807) is 23.4 Å². The SMILES string of the molecule is Cc1c[nH]c2ncc(-c3cc4c(c([C@@H]5CCCN5C(=O)OC(C)(C)C)c3)CN(C(=O)Nc3cccnc3)C4)cc12. The number of ether oxygens (including phenoxy) is 1. The van der Waals surface area contributed by atoms with Gasteiger partial charge in [0.25, 0.3) is 0 Å². The summed E-state index contributed by atoms with van der Waals surface area (Å²) in [6, 6.07) is 9.80. The number of benzene rings is 1. The molecule has 0 radical (unpaired) electrons. The third kappa shape index (κ3) is 4.99. The number of fused-ring (bicyclic) bond motifs is 2. The molecular formula is C31H34N6O3. The van der Waals surface area contributed by atoms with Gasteiger partial charge in [0.15, 0.2) is 0 Å². The van der Waals surface area contributed by atoms with Gasteiger partial charge < -0.3 is 24.8 Å². The van der Waals surface area contributed by atoms with Crippen molar-refractivity contribution in [3.63, 3.8) is 0 Å². The number of anilines is 1. The van der Waals surface area contributed by atoms with E-state index in [4.69, 9.17) is 4.74 Å².